The maximum atomic E-state index is 12.5. The monoisotopic (exact) mass is 349 g/mol. The molecule has 2 rings (SSSR count). The van der Waals surface area contributed by atoms with Gasteiger partial charge in [0, 0.05) is 31.3 Å². The van der Waals surface area contributed by atoms with Crippen LogP contribution in [0.3, 0.4) is 0 Å². The van der Waals surface area contributed by atoms with Gasteiger partial charge in [0.05, 0.1) is 9.82 Å². The van der Waals surface area contributed by atoms with Crippen molar-refractivity contribution in [3.05, 3.63) is 34.4 Å². The van der Waals surface area contributed by atoms with Crippen LogP contribution in [0.1, 0.15) is 25.7 Å². The summed E-state index contributed by atoms with van der Waals surface area (Å²) >= 11 is 0. The molecule has 0 radical (unpaired) electrons. The molecular weight excluding hydrogens is 330 g/mol. The van der Waals surface area contributed by atoms with Crippen molar-refractivity contribution in [1.29, 1.82) is 0 Å². The largest absolute Gasteiger partial charge is 0.328 e. The van der Waals surface area contributed by atoms with Gasteiger partial charge in [-0.25, -0.2) is 8.42 Å². The molecule has 22 heavy (non-hydrogen) atoms. The maximum Gasteiger partial charge on any atom is 0.269 e. The van der Waals surface area contributed by atoms with E-state index in [9.17, 15) is 18.5 Å². The van der Waals surface area contributed by atoms with E-state index in [1.54, 1.807) is 7.05 Å². The molecule has 0 unspecified atom stereocenters. The van der Waals surface area contributed by atoms with Gasteiger partial charge in [-0.15, -0.1) is 12.4 Å². The second-order valence-electron chi connectivity index (χ2n) is 5.34. The number of sulfonamides is 1. The van der Waals surface area contributed by atoms with E-state index < -0.39 is 14.9 Å². The number of nitrogens with zero attached hydrogens (tertiary/aromatic N) is 2. The Morgan fingerprint density at radius 3 is 2.14 bits per heavy atom. The Labute approximate surface area is 136 Å². The molecule has 0 spiro atoms. The highest BCUT2D eigenvalue weighted by molar-refractivity contribution is 7.89. The van der Waals surface area contributed by atoms with Crippen molar-refractivity contribution in [2.75, 3.05) is 7.05 Å². The Kier molecular flexibility index (Phi) is 6.30. The van der Waals surface area contributed by atoms with Crippen LogP contribution in [0, 0.1) is 10.1 Å². The van der Waals surface area contributed by atoms with E-state index in [0.29, 0.717) is 0 Å². The first-order valence-corrected chi connectivity index (χ1v) is 8.24. The molecule has 0 aliphatic heterocycles. The van der Waals surface area contributed by atoms with Crippen LogP contribution in [0.2, 0.25) is 0 Å². The minimum Gasteiger partial charge on any atom is -0.328 e. The molecule has 0 amide bonds. The molecular formula is C13H20ClN3O4S. The fourth-order valence-corrected chi connectivity index (χ4v) is 3.98. The van der Waals surface area contributed by atoms with Crippen LogP contribution in [0.4, 0.5) is 5.69 Å². The van der Waals surface area contributed by atoms with Crippen molar-refractivity contribution in [3.8, 4) is 0 Å². The number of nitrogens with two attached hydrogens (primary N) is 1. The molecule has 0 heterocycles. The summed E-state index contributed by atoms with van der Waals surface area (Å²) in [5.74, 6) is 0. The second kappa shape index (κ2) is 7.36. The lowest BCUT2D eigenvalue weighted by Gasteiger charge is -2.32. The van der Waals surface area contributed by atoms with Gasteiger partial charge < -0.3 is 5.73 Å². The zero-order valence-electron chi connectivity index (χ0n) is 12.2. The number of nitro benzene ring substituents is 1. The van der Waals surface area contributed by atoms with Crippen LogP contribution in [0.25, 0.3) is 0 Å². The van der Waals surface area contributed by atoms with E-state index in [0.717, 1.165) is 25.7 Å². The molecule has 1 saturated carbocycles. The Balaban J connectivity index is 0.00000242. The minimum atomic E-state index is -3.63. The van der Waals surface area contributed by atoms with Gasteiger partial charge in [-0.05, 0) is 37.8 Å². The predicted molar refractivity (Wildman–Crippen MR) is 85.5 cm³/mol. The van der Waals surface area contributed by atoms with E-state index in [1.165, 1.54) is 28.6 Å². The molecule has 2 N–H and O–H groups in total. The summed E-state index contributed by atoms with van der Waals surface area (Å²) in [7, 11) is -2.07. The SMILES string of the molecule is CN(C1CCC(N)CC1)S(=O)(=O)c1ccc([N+](=O)[O-])cc1.Cl. The highest BCUT2D eigenvalue weighted by atomic mass is 35.5. The topological polar surface area (TPSA) is 107 Å². The summed E-state index contributed by atoms with van der Waals surface area (Å²) in [5.41, 5.74) is 5.71. The molecule has 0 bridgehead atoms. The molecule has 9 heteroatoms. The molecule has 1 fully saturated rings. The number of non-ortho nitro benzene ring substituents is 1. The van der Waals surface area contributed by atoms with Crippen molar-refractivity contribution in [3.63, 3.8) is 0 Å². The third-order valence-corrected chi connectivity index (χ3v) is 5.90. The number of nitro groups is 1. The summed E-state index contributed by atoms with van der Waals surface area (Å²) in [4.78, 5) is 10.1. The number of benzene rings is 1. The van der Waals surface area contributed by atoms with E-state index in [1.807, 2.05) is 0 Å². The van der Waals surface area contributed by atoms with Gasteiger partial charge in [-0.1, -0.05) is 0 Å². The molecule has 1 aromatic carbocycles. The van der Waals surface area contributed by atoms with Crippen molar-refractivity contribution in [1.82, 2.24) is 4.31 Å². The summed E-state index contributed by atoms with van der Waals surface area (Å²) in [6.07, 6.45) is 3.10. The first-order chi connectivity index (χ1) is 9.82. The molecule has 0 atom stereocenters. The fraction of sp³-hybridized carbons (Fsp3) is 0.538. The summed E-state index contributed by atoms with van der Waals surface area (Å²) in [5, 5.41) is 10.6. The van der Waals surface area contributed by atoms with Gasteiger partial charge in [0.15, 0.2) is 0 Å². The average Bonchev–Trinajstić information content (AvgIpc) is 2.47. The second-order valence-corrected chi connectivity index (χ2v) is 7.34. The average molecular weight is 350 g/mol. The van der Waals surface area contributed by atoms with E-state index >= 15 is 0 Å². The van der Waals surface area contributed by atoms with Crippen LogP contribution in [0.15, 0.2) is 29.2 Å². The number of rotatable bonds is 4. The Morgan fingerprint density at radius 1 is 1.18 bits per heavy atom. The van der Waals surface area contributed by atoms with Crippen LogP contribution in [-0.2, 0) is 10.0 Å². The molecule has 0 saturated heterocycles. The van der Waals surface area contributed by atoms with Gasteiger partial charge in [-0.2, -0.15) is 4.31 Å². The lowest BCUT2D eigenvalue weighted by atomic mass is 9.92. The zero-order chi connectivity index (χ0) is 15.6. The van der Waals surface area contributed by atoms with Gasteiger partial charge in [0.2, 0.25) is 10.0 Å². The molecule has 1 aliphatic rings. The lowest BCUT2D eigenvalue weighted by molar-refractivity contribution is -0.384. The summed E-state index contributed by atoms with van der Waals surface area (Å²) in [6, 6.07) is 5.05. The van der Waals surface area contributed by atoms with E-state index in [4.69, 9.17) is 5.73 Å². The predicted octanol–water partition coefficient (Wildman–Crippen LogP) is 1.91. The van der Waals surface area contributed by atoms with Crippen molar-refractivity contribution in [2.24, 2.45) is 5.73 Å². The highest BCUT2D eigenvalue weighted by Crippen LogP contribution is 2.26. The van der Waals surface area contributed by atoms with E-state index in [-0.39, 0.29) is 35.1 Å². The number of hydrogen-bond donors (Lipinski definition) is 1. The van der Waals surface area contributed by atoms with Crippen LogP contribution < -0.4 is 5.73 Å². The van der Waals surface area contributed by atoms with Crippen LogP contribution >= 0.6 is 12.4 Å². The Hall–Kier alpha value is -1.22. The fourth-order valence-electron chi connectivity index (χ4n) is 2.57. The smallest absolute Gasteiger partial charge is 0.269 e. The van der Waals surface area contributed by atoms with Gasteiger partial charge in [-0.3, -0.25) is 10.1 Å². The molecule has 1 aromatic rings. The van der Waals surface area contributed by atoms with Gasteiger partial charge >= 0.3 is 0 Å². The molecule has 7 nitrogen and oxygen atoms in total. The normalized spacial score (nSPS) is 22.1. The lowest BCUT2D eigenvalue weighted by Crippen LogP contribution is -2.41. The van der Waals surface area contributed by atoms with Crippen LogP contribution in [0.5, 0.6) is 0 Å². The standard InChI is InChI=1S/C13H19N3O4S.ClH/c1-15(11-4-2-10(14)3-5-11)21(19,20)13-8-6-12(7-9-13)16(17)18;/h6-11H,2-5,14H2,1H3;1H. The first kappa shape index (κ1) is 18.8. The zero-order valence-corrected chi connectivity index (χ0v) is 13.8. The van der Waals surface area contributed by atoms with Gasteiger partial charge in [0.1, 0.15) is 0 Å². The van der Waals surface area contributed by atoms with Crippen molar-refractivity contribution in [2.45, 2.75) is 42.7 Å². The number of halogens is 1. The molecule has 1 aliphatic carbocycles. The van der Waals surface area contributed by atoms with Crippen LogP contribution in [-0.4, -0.2) is 36.8 Å². The third kappa shape index (κ3) is 3.95. The Morgan fingerprint density at radius 2 is 1.68 bits per heavy atom. The quantitative estimate of drug-likeness (QED) is 0.660. The van der Waals surface area contributed by atoms with Gasteiger partial charge in [0.25, 0.3) is 5.69 Å². The highest BCUT2D eigenvalue weighted by Gasteiger charge is 2.30. The number of hydrogen-bond acceptors (Lipinski definition) is 5. The minimum absolute atomic E-state index is 0. The Bertz CT molecular complexity index is 613. The third-order valence-electron chi connectivity index (χ3n) is 3.98. The van der Waals surface area contributed by atoms with E-state index in [2.05, 4.69) is 0 Å². The summed E-state index contributed by atoms with van der Waals surface area (Å²) in [6.45, 7) is 0. The van der Waals surface area contributed by atoms with Crippen molar-refractivity contribution < 1.29 is 13.3 Å². The van der Waals surface area contributed by atoms with Crippen molar-refractivity contribution >= 4 is 28.1 Å². The molecule has 0 aromatic heterocycles. The maximum absolute atomic E-state index is 12.5. The summed E-state index contributed by atoms with van der Waals surface area (Å²) < 4.78 is 26.4. The molecule has 124 valence electrons. The first-order valence-electron chi connectivity index (χ1n) is 6.80.